The molecule has 0 spiro atoms. The van der Waals surface area contributed by atoms with Gasteiger partial charge in [0.1, 0.15) is 5.82 Å². The Bertz CT molecular complexity index is 441. The lowest BCUT2D eigenvalue weighted by molar-refractivity contribution is 0.323. The number of aliphatic imine (C=N–C) groups is 1. The second kappa shape index (κ2) is 4.92. The molecule has 0 atom stereocenters. The first-order valence-corrected chi connectivity index (χ1v) is 5.91. The number of hydrogen-bond donors (Lipinski definition) is 2. The zero-order valence-corrected chi connectivity index (χ0v) is 10.3. The maximum Gasteiger partial charge on any atom is 0.188 e. The average Bonchev–Trinajstić information content (AvgIpc) is 2.26. The van der Waals surface area contributed by atoms with E-state index in [9.17, 15) is 4.39 Å². The number of nitrogens with zero attached hydrogens (tertiary/aromatic N) is 1. The van der Waals surface area contributed by atoms with Crippen LogP contribution in [0.4, 0.5) is 4.39 Å². The van der Waals surface area contributed by atoms with E-state index in [2.05, 4.69) is 10.3 Å². The second-order valence-corrected chi connectivity index (χ2v) is 4.70. The SMILES string of the molecule is CN=C(N)NC1CC(c2ccc(F)c(Cl)c2)C1. The average molecular weight is 256 g/mol. The first-order valence-electron chi connectivity index (χ1n) is 5.54. The molecule has 0 unspecified atom stereocenters. The van der Waals surface area contributed by atoms with Crippen LogP contribution in [0, 0.1) is 5.82 Å². The predicted octanol–water partition coefficient (Wildman–Crippen LogP) is 2.26. The Balaban J connectivity index is 1.93. The highest BCUT2D eigenvalue weighted by molar-refractivity contribution is 6.30. The summed E-state index contributed by atoms with van der Waals surface area (Å²) in [5, 5.41) is 3.30. The second-order valence-electron chi connectivity index (χ2n) is 4.29. The summed E-state index contributed by atoms with van der Waals surface area (Å²) in [7, 11) is 1.65. The Hall–Kier alpha value is -1.29. The quantitative estimate of drug-likeness (QED) is 0.629. The van der Waals surface area contributed by atoms with Gasteiger partial charge in [0.05, 0.1) is 5.02 Å². The molecule has 0 amide bonds. The minimum absolute atomic E-state index is 0.188. The van der Waals surface area contributed by atoms with E-state index in [1.165, 1.54) is 6.07 Å². The van der Waals surface area contributed by atoms with Crippen molar-refractivity contribution >= 4 is 17.6 Å². The fraction of sp³-hybridized carbons (Fsp3) is 0.417. The van der Waals surface area contributed by atoms with Crippen LogP contribution >= 0.6 is 11.6 Å². The molecular weight excluding hydrogens is 241 g/mol. The van der Waals surface area contributed by atoms with Crippen molar-refractivity contribution in [2.24, 2.45) is 10.7 Å². The van der Waals surface area contributed by atoms with Crippen LogP contribution in [0.25, 0.3) is 0 Å². The Kier molecular flexibility index (Phi) is 3.52. The third-order valence-corrected chi connectivity index (χ3v) is 3.44. The van der Waals surface area contributed by atoms with Crippen molar-refractivity contribution in [2.45, 2.75) is 24.8 Å². The predicted molar refractivity (Wildman–Crippen MR) is 67.9 cm³/mol. The Labute approximate surface area is 105 Å². The van der Waals surface area contributed by atoms with Crippen molar-refractivity contribution in [1.29, 1.82) is 0 Å². The third-order valence-electron chi connectivity index (χ3n) is 3.15. The Morgan fingerprint density at radius 1 is 1.53 bits per heavy atom. The number of halogens is 2. The van der Waals surface area contributed by atoms with E-state index in [-0.39, 0.29) is 10.8 Å². The zero-order valence-electron chi connectivity index (χ0n) is 9.58. The smallest absolute Gasteiger partial charge is 0.188 e. The van der Waals surface area contributed by atoms with Crippen LogP contribution in [-0.2, 0) is 0 Å². The highest BCUT2D eigenvalue weighted by Gasteiger charge is 2.30. The molecule has 0 bridgehead atoms. The summed E-state index contributed by atoms with van der Waals surface area (Å²) < 4.78 is 13.0. The molecule has 2 rings (SSSR count). The molecule has 17 heavy (non-hydrogen) atoms. The van der Waals surface area contributed by atoms with Crippen molar-refractivity contribution in [2.75, 3.05) is 7.05 Å². The maximum atomic E-state index is 13.0. The molecule has 0 heterocycles. The number of guanidine groups is 1. The van der Waals surface area contributed by atoms with Crippen LogP contribution in [0.1, 0.15) is 24.3 Å². The summed E-state index contributed by atoms with van der Waals surface area (Å²) >= 11 is 5.75. The molecular formula is C12H15ClFN3. The summed E-state index contributed by atoms with van der Waals surface area (Å²) in [5.41, 5.74) is 6.66. The molecule has 0 radical (unpaired) electrons. The third kappa shape index (κ3) is 2.69. The minimum Gasteiger partial charge on any atom is -0.370 e. The molecule has 3 N–H and O–H groups in total. The van der Waals surface area contributed by atoms with Gasteiger partial charge in [0.25, 0.3) is 0 Å². The summed E-state index contributed by atoms with van der Waals surface area (Å²) in [6, 6.07) is 5.27. The van der Waals surface area contributed by atoms with Gasteiger partial charge in [-0.2, -0.15) is 0 Å². The number of benzene rings is 1. The zero-order chi connectivity index (χ0) is 12.4. The van der Waals surface area contributed by atoms with Gasteiger partial charge < -0.3 is 11.1 Å². The lowest BCUT2D eigenvalue weighted by Gasteiger charge is -2.36. The van der Waals surface area contributed by atoms with E-state index < -0.39 is 0 Å². The number of nitrogens with two attached hydrogens (primary N) is 1. The van der Waals surface area contributed by atoms with Crippen LogP contribution in [-0.4, -0.2) is 19.0 Å². The van der Waals surface area contributed by atoms with E-state index in [0.29, 0.717) is 17.9 Å². The van der Waals surface area contributed by atoms with Gasteiger partial charge in [0.2, 0.25) is 0 Å². The number of hydrogen-bond acceptors (Lipinski definition) is 1. The lowest BCUT2D eigenvalue weighted by Crippen LogP contribution is -2.46. The molecule has 92 valence electrons. The highest BCUT2D eigenvalue weighted by atomic mass is 35.5. The molecule has 1 saturated carbocycles. The summed E-state index contributed by atoms with van der Waals surface area (Å²) in [6.07, 6.45) is 1.94. The van der Waals surface area contributed by atoms with Gasteiger partial charge in [-0.15, -0.1) is 0 Å². The molecule has 1 fully saturated rings. The van der Waals surface area contributed by atoms with Crippen LogP contribution in [0.15, 0.2) is 23.2 Å². The molecule has 1 aromatic carbocycles. The summed E-state index contributed by atoms with van der Waals surface area (Å²) in [6.45, 7) is 0. The largest absolute Gasteiger partial charge is 0.370 e. The normalized spacial score (nSPS) is 24.3. The van der Waals surface area contributed by atoms with Crippen molar-refractivity contribution in [1.82, 2.24) is 5.32 Å². The van der Waals surface area contributed by atoms with E-state index in [0.717, 1.165) is 18.4 Å². The van der Waals surface area contributed by atoms with Crippen molar-refractivity contribution in [3.8, 4) is 0 Å². The summed E-state index contributed by atoms with van der Waals surface area (Å²) in [5.74, 6) is 0.521. The highest BCUT2D eigenvalue weighted by Crippen LogP contribution is 2.37. The molecule has 3 nitrogen and oxygen atoms in total. The van der Waals surface area contributed by atoms with Crippen molar-refractivity contribution in [3.05, 3.63) is 34.6 Å². The lowest BCUT2D eigenvalue weighted by atomic mass is 9.76. The van der Waals surface area contributed by atoms with Gasteiger partial charge >= 0.3 is 0 Å². The maximum absolute atomic E-state index is 13.0. The molecule has 0 aliphatic heterocycles. The topological polar surface area (TPSA) is 50.4 Å². The Morgan fingerprint density at radius 2 is 2.24 bits per heavy atom. The van der Waals surface area contributed by atoms with Gasteiger partial charge in [-0.1, -0.05) is 17.7 Å². The standard InChI is InChI=1S/C12H15ClFN3/c1-16-12(15)17-9-4-8(5-9)7-2-3-11(14)10(13)6-7/h2-3,6,8-9H,4-5H2,1H3,(H3,15,16,17). The molecule has 0 saturated heterocycles. The van der Waals surface area contributed by atoms with Gasteiger partial charge in [0, 0.05) is 13.1 Å². The molecule has 0 aromatic heterocycles. The van der Waals surface area contributed by atoms with Crippen LogP contribution in [0.2, 0.25) is 5.02 Å². The number of nitrogens with one attached hydrogen (secondary N) is 1. The van der Waals surface area contributed by atoms with E-state index in [1.807, 2.05) is 0 Å². The molecule has 5 heteroatoms. The van der Waals surface area contributed by atoms with Crippen molar-refractivity contribution < 1.29 is 4.39 Å². The van der Waals surface area contributed by atoms with Crippen LogP contribution in [0.5, 0.6) is 0 Å². The van der Waals surface area contributed by atoms with Gasteiger partial charge in [-0.05, 0) is 36.5 Å². The fourth-order valence-electron chi connectivity index (χ4n) is 2.05. The van der Waals surface area contributed by atoms with Gasteiger partial charge in [-0.25, -0.2) is 4.39 Å². The first kappa shape index (κ1) is 12.2. The van der Waals surface area contributed by atoms with Crippen molar-refractivity contribution in [3.63, 3.8) is 0 Å². The monoisotopic (exact) mass is 255 g/mol. The van der Waals surface area contributed by atoms with Gasteiger partial charge in [0.15, 0.2) is 5.96 Å². The Morgan fingerprint density at radius 3 is 2.82 bits per heavy atom. The van der Waals surface area contributed by atoms with E-state index in [1.54, 1.807) is 19.2 Å². The van der Waals surface area contributed by atoms with E-state index in [4.69, 9.17) is 17.3 Å². The van der Waals surface area contributed by atoms with Gasteiger partial charge in [-0.3, -0.25) is 4.99 Å². The van der Waals surface area contributed by atoms with Crippen LogP contribution in [0.3, 0.4) is 0 Å². The van der Waals surface area contributed by atoms with Crippen LogP contribution < -0.4 is 11.1 Å². The minimum atomic E-state index is -0.369. The molecule has 1 aliphatic rings. The van der Waals surface area contributed by atoms with E-state index >= 15 is 0 Å². The molecule has 1 aromatic rings. The molecule has 1 aliphatic carbocycles. The summed E-state index contributed by atoms with van der Waals surface area (Å²) in [4.78, 5) is 3.85. The first-order chi connectivity index (χ1) is 8.10. The number of rotatable bonds is 2. The fourth-order valence-corrected chi connectivity index (χ4v) is 2.24.